The molecule has 150 valence electrons. The van der Waals surface area contributed by atoms with Gasteiger partial charge in [-0.05, 0) is 48.4 Å². The quantitative estimate of drug-likeness (QED) is 0.697. The molecule has 7 heteroatoms. The number of halogens is 1. The Hall–Kier alpha value is -2.73. The Labute approximate surface area is 170 Å². The molecular weight excluding hydrogens is 380 g/mol. The van der Waals surface area contributed by atoms with Crippen molar-refractivity contribution in [1.29, 1.82) is 0 Å². The number of nitrogens with one attached hydrogen (secondary N) is 1. The van der Waals surface area contributed by atoms with E-state index < -0.39 is 0 Å². The van der Waals surface area contributed by atoms with Crippen LogP contribution in [-0.4, -0.2) is 51.1 Å². The molecule has 0 heterocycles. The number of ether oxygens (including phenoxy) is 2. The monoisotopic (exact) mass is 404 g/mol. The van der Waals surface area contributed by atoms with E-state index in [1.54, 1.807) is 50.4 Å². The first-order valence-electron chi connectivity index (χ1n) is 8.93. The van der Waals surface area contributed by atoms with Crippen molar-refractivity contribution in [3.63, 3.8) is 0 Å². The lowest BCUT2D eigenvalue weighted by Crippen LogP contribution is -2.33. The molecule has 0 radical (unpaired) electrons. The first-order chi connectivity index (χ1) is 13.4. The Morgan fingerprint density at radius 1 is 1.04 bits per heavy atom. The summed E-state index contributed by atoms with van der Waals surface area (Å²) in [4.78, 5) is 26.0. The molecule has 2 rings (SSSR count). The second kappa shape index (κ2) is 10.6. The maximum Gasteiger partial charge on any atom is 0.251 e. The van der Waals surface area contributed by atoms with E-state index in [0.717, 1.165) is 5.56 Å². The molecule has 0 spiro atoms. The van der Waals surface area contributed by atoms with Gasteiger partial charge < -0.3 is 19.7 Å². The van der Waals surface area contributed by atoms with E-state index in [0.29, 0.717) is 35.1 Å². The average molecular weight is 405 g/mol. The largest absolute Gasteiger partial charge is 0.493 e. The van der Waals surface area contributed by atoms with Crippen LogP contribution in [0.5, 0.6) is 11.5 Å². The van der Waals surface area contributed by atoms with Crippen molar-refractivity contribution in [3.05, 3.63) is 58.6 Å². The Kier molecular flexibility index (Phi) is 8.14. The molecule has 0 bridgehead atoms. The number of likely N-dealkylation sites (N-methyl/N-ethyl adjacent to an activating group) is 1. The van der Waals surface area contributed by atoms with Crippen LogP contribution in [0.2, 0.25) is 5.02 Å². The summed E-state index contributed by atoms with van der Waals surface area (Å²) in [6.07, 6.45) is 0.932. The lowest BCUT2D eigenvalue weighted by molar-refractivity contribution is -0.129. The van der Waals surface area contributed by atoms with Crippen LogP contribution < -0.4 is 14.8 Å². The number of nitrogens with zero attached hydrogens (tertiary/aromatic N) is 1. The number of benzene rings is 2. The van der Waals surface area contributed by atoms with Crippen molar-refractivity contribution in [2.45, 2.75) is 12.8 Å². The zero-order chi connectivity index (χ0) is 20.5. The van der Waals surface area contributed by atoms with E-state index in [4.69, 9.17) is 21.1 Å². The number of amides is 2. The number of carbonyl (C=O) groups is 2. The predicted octanol–water partition coefficient (Wildman–Crippen LogP) is 3.18. The normalized spacial score (nSPS) is 10.3. The van der Waals surface area contributed by atoms with Gasteiger partial charge in [0.2, 0.25) is 5.91 Å². The number of methoxy groups -OCH3 is 2. The van der Waals surface area contributed by atoms with Gasteiger partial charge >= 0.3 is 0 Å². The molecule has 0 unspecified atom stereocenters. The fraction of sp³-hybridized carbons (Fsp3) is 0.333. The van der Waals surface area contributed by atoms with E-state index in [-0.39, 0.29) is 24.8 Å². The van der Waals surface area contributed by atoms with E-state index >= 15 is 0 Å². The van der Waals surface area contributed by atoms with Crippen molar-refractivity contribution in [3.8, 4) is 11.5 Å². The van der Waals surface area contributed by atoms with Crippen LogP contribution in [0.1, 0.15) is 22.3 Å². The summed E-state index contributed by atoms with van der Waals surface area (Å²) in [6, 6.07) is 12.3. The standard InChI is InChI=1S/C21H25ClN2O4/c1-24(13-11-15-4-9-18(27-2)19(14-15)28-3)20(25)10-12-23-21(26)16-5-7-17(22)8-6-16/h4-9,14H,10-13H2,1-3H3,(H,23,26). The van der Waals surface area contributed by atoms with Crippen molar-refractivity contribution < 1.29 is 19.1 Å². The molecule has 0 aliphatic rings. The number of rotatable bonds is 9. The zero-order valence-electron chi connectivity index (χ0n) is 16.3. The van der Waals surface area contributed by atoms with Gasteiger partial charge in [0, 0.05) is 37.1 Å². The summed E-state index contributed by atoms with van der Waals surface area (Å²) in [5.41, 5.74) is 1.56. The van der Waals surface area contributed by atoms with Crippen LogP contribution >= 0.6 is 11.6 Å². The molecule has 2 amide bonds. The van der Waals surface area contributed by atoms with Gasteiger partial charge in [-0.15, -0.1) is 0 Å². The summed E-state index contributed by atoms with van der Waals surface area (Å²) in [5, 5.41) is 3.32. The fourth-order valence-corrected chi connectivity index (χ4v) is 2.76. The second-order valence-electron chi connectivity index (χ2n) is 6.27. The van der Waals surface area contributed by atoms with Crippen LogP contribution in [0.4, 0.5) is 0 Å². The molecule has 0 aliphatic carbocycles. The van der Waals surface area contributed by atoms with Crippen LogP contribution in [0.15, 0.2) is 42.5 Å². The van der Waals surface area contributed by atoms with Crippen molar-refractivity contribution in [2.75, 3.05) is 34.4 Å². The highest BCUT2D eigenvalue weighted by molar-refractivity contribution is 6.30. The van der Waals surface area contributed by atoms with Crippen molar-refractivity contribution >= 4 is 23.4 Å². The Morgan fingerprint density at radius 3 is 2.36 bits per heavy atom. The second-order valence-corrected chi connectivity index (χ2v) is 6.70. The van der Waals surface area contributed by atoms with E-state index in [1.165, 1.54) is 0 Å². The third-order valence-electron chi connectivity index (χ3n) is 4.34. The summed E-state index contributed by atoms with van der Waals surface area (Å²) in [7, 11) is 4.94. The minimum Gasteiger partial charge on any atom is -0.493 e. The van der Waals surface area contributed by atoms with E-state index in [9.17, 15) is 9.59 Å². The molecule has 6 nitrogen and oxygen atoms in total. The Bertz CT molecular complexity index is 809. The van der Waals surface area contributed by atoms with Gasteiger partial charge in [-0.25, -0.2) is 0 Å². The van der Waals surface area contributed by atoms with Crippen molar-refractivity contribution in [2.24, 2.45) is 0 Å². The van der Waals surface area contributed by atoms with Gasteiger partial charge in [0.1, 0.15) is 0 Å². The van der Waals surface area contributed by atoms with Crippen LogP contribution in [0.25, 0.3) is 0 Å². The first-order valence-corrected chi connectivity index (χ1v) is 9.31. The van der Waals surface area contributed by atoms with Crippen LogP contribution in [0.3, 0.4) is 0 Å². The van der Waals surface area contributed by atoms with E-state index in [1.807, 2.05) is 18.2 Å². The highest BCUT2D eigenvalue weighted by atomic mass is 35.5. The maximum atomic E-state index is 12.3. The van der Waals surface area contributed by atoms with Crippen LogP contribution in [-0.2, 0) is 11.2 Å². The molecule has 0 atom stereocenters. The lowest BCUT2D eigenvalue weighted by atomic mass is 10.1. The fourth-order valence-electron chi connectivity index (χ4n) is 2.63. The van der Waals surface area contributed by atoms with Crippen molar-refractivity contribution in [1.82, 2.24) is 10.2 Å². The molecule has 0 fully saturated rings. The number of carbonyl (C=O) groups excluding carboxylic acids is 2. The Balaban J connectivity index is 1.76. The van der Waals surface area contributed by atoms with Gasteiger partial charge in [-0.1, -0.05) is 17.7 Å². The molecule has 0 aromatic heterocycles. The number of hydrogen-bond donors (Lipinski definition) is 1. The smallest absolute Gasteiger partial charge is 0.251 e. The highest BCUT2D eigenvalue weighted by Gasteiger charge is 2.11. The minimum atomic E-state index is -0.225. The molecule has 1 N–H and O–H groups in total. The summed E-state index contributed by atoms with van der Waals surface area (Å²) < 4.78 is 10.5. The molecule has 0 saturated heterocycles. The van der Waals surface area contributed by atoms with Gasteiger partial charge in [0.25, 0.3) is 5.91 Å². The third-order valence-corrected chi connectivity index (χ3v) is 4.59. The average Bonchev–Trinajstić information content (AvgIpc) is 2.71. The SMILES string of the molecule is COc1ccc(CCN(C)C(=O)CCNC(=O)c2ccc(Cl)cc2)cc1OC. The molecule has 28 heavy (non-hydrogen) atoms. The highest BCUT2D eigenvalue weighted by Crippen LogP contribution is 2.27. The molecule has 2 aromatic carbocycles. The van der Waals surface area contributed by atoms with Gasteiger partial charge in [-0.3, -0.25) is 9.59 Å². The van der Waals surface area contributed by atoms with Gasteiger partial charge in [0.05, 0.1) is 14.2 Å². The molecule has 2 aromatic rings. The summed E-state index contributed by atoms with van der Waals surface area (Å²) in [5.74, 6) is 1.08. The van der Waals surface area contributed by atoms with E-state index in [2.05, 4.69) is 5.32 Å². The first kappa shape index (κ1) is 21.6. The summed E-state index contributed by atoms with van der Waals surface area (Å²) in [6.45, 7) is 0.848. The minimum absolute atomic E-state index is 0.0307. The predicted molar refractivity (Wildman–Crippen MR) is 109 cm³/mol. The molecule has 0 saturated carbocycles. The van der Waals surface area contributed by atoms with Gasteiger partial charge in [-0.2, -0.15) is 0 Å². The zero-order valence-corrected chi connectivity index (χ0v) is 17.1. The van der Waals surface area contributed by atoms with Crippen LogP contribution in [0, 0.1) is 0 Å². The number of hydrogen-bond acceptors (Lipinski definition) is 4. The Morgan fingerprint density at radius 2 is 1.71 bits per heavy atom. The molecular formula is C21H25ClN2O4. The molecule has 0 aliphatic heterocycles. The summed E-state index contributed by atoms with van der Waals surface area (Å²) >= 11 is 5.81. The lowest BCUT2D eigenvalue weighted by Gasteiger charge is -2.18. The third kappa shape index (κ3) is 6.16. The maximum absolute atomic E-state index is 12.3. The topological polar surface area (TPSA) is 67.9 Å². The van der Waals surface area contributed by atoms with Gasteiger partial charge in [0.15, 0.2) is 11.5 Å².